The average Bonchev–Trinajstić information content (AvgIpc) is 2.68. The zero-order chi connectivity index (χ0) is 20.4. The van der Waals surface area contributed by atoms with Crippen LogP contribution in [0.15, 0.2) is 59.7 Å². The standard InChI is InChI=1S/C21H25N3O4/c1-15(2)23-19(25)14-28-18-11-9-16(10-12-18)13-22-24-21(26)20(27-3)17-7-5-4-6-8-17/h4-13,15,20H,14H2,1-3H3,(H,23,25)(H,24,26)/b22-13-/t20-/m0/s1. The van der Waals surface area contributed by atoms with E-state index < -0.39 is 6.10 Å². The molecule has 2 aromatic rings. The summed E-state index contributed by atoms with van der Waals surface area (Å²) in [4.78, 5) is 23.8. The van der Waals surface area contributed by atoms with Crippen LogP contribution < -0.4 is 15.5 Å². The van der Waals surface area contributed by atoms with Crippen molar-refractivity contribution in [2.75, 3.05) is 13.7 Å². The molecule has 28 heavy (non-hydrogen) atoms. The van der Waals surface area contributed by atoms with Gasteiger partial charge in [0.15, 0.2) is 12.7 Å². The first-order chi connectivity index (χ1) is 13.5. The number of rotatable bonds is 9. The lowest BCUT2D eigenvalue weighted by molar-refractivity contribution is -0.131. The van der Waals surface area contributed by atoms with E-state index in [0.29, 0.717) is 5.75 Å². The van der Waals surface area contributed by atoms with Crippen molar-refractivity contribution in [3.63, 3.8) is 0 Å². The molecule has 0 aliphatic carbocycles. The molecule has 0 saturated carbocycles. The van der Waals surface area contributed by atoms with Gasteiger partial charge in [-0.05, 0) is 49.2 Å². The van der Waals surface area contributed by atoms with Crippen LogP contribution in [0.25, 0.3) is 0 Å². The number of nitrogens with one attached hydrogen (secondary N) is 2. The summed E-state index contributed by atoms with van der Waals surface area (Å²) in [6, 6.07) is 16.3. The Morgan fingerprint density at radius 3 is 2.36 bits per heavy atom. The number of hydrazone groups is 1. The van der Waals surface area contributed by atoms with Gasteiger partial charge in [0, 0.05) is 13.2 Å². The Balaban J connectivity index is 1.85. The number of carbonyl (C=O) groups is 2. The van der Waals surface area contributed by atoms with E-state index in [9.17, 15) is 9.59 Å². The fraction of sp³-hybridized carbons (Fsp3) is 0.286. The van der Waals surface area contributed by atoms with Crippen molar-refractivity contribution >= 4 is 18.0 Å². The van der Waals surface area contributed by atoms with Crippen LogP contribution in [0.3, 0.4) is 0 Å². The number of benzene rings is 2. The van der Waals surface area contributed by atoms with Gasteiger partial charge in [-0.1, -0.05) is 30.3 Å². The third kappa shape index (κ3) is 6.85. The van der Waals surface area contributed by atoms with Gasteiger partial charge < -0.3 is 14.8 Å². The van der Waals surface area contributed by atoms with Crippen molar-refractivity contribution in [2.24, 2.45) is 5.10 Å². The van der Waals surface area contributed by atoms with Gasteiger partial charge in [0.1, 0.15) is 5.75 Å². The van der Waals surface area contributed by atoms with Gasteiger partial charge in [0.25, 0.3) is 11.8 Å². The maximum Gasteiger partial charge on any atom is 0.273 e. The highest BCUT2D eigenvalue weighted by Gasteiger charge is 2.19. The molecular weight excluding hydrogens is 358 g/mol. The van der Waals surface area contributed by atoms with Crippen LogP contribution >= 0.6 is 0 Å². The summed E-state index contributed by atoms with van der Waals surface area (Å²) >= 11 is 0. The fourth-order valence-corrected chi connectivity index (χ4v) is 2.41. The minimum absolute atomic E-state index is 0.0421. The highest BCUT2D eigenvalue weighted by atomic mass is 16.5. The van der Waals surface area contributed by atoms with Crippen LogP contribution in [-0.4, -0.2) is 37.8 Å². The van der Waals surface area contributed by atoms with Crippen molar-refractivity contribution in [1.82, 2.24) is 10.7 Å². The van der Waals surface area contributed by atoms with E-state index in [-0.39, 0.29) is 24.5 Å². The molecule has 0 fully saturated rings. The summed E-state index contributed by atoms with van der Waals surface area (Å²) in [6.07, 6.45) is 0.788. The molecule has 7 heteroatoms. The summed E-state index contributed by atoms with van der Waals surface area (Å²) in [6.45, 7) is 3.73. The van der Waals surface area contributed by atoms with Crippen LogP contribution in [0.1, 0.15) is 31.1 Å². The number of amides is 2. The second-order valence-electron chi connectivity index (χ2n) is 6.34. The van der Waals surface area contributed by atoms with E-state index in [0.717, 1.165) is 11.1 Å². The predicted octanol–water partition coefficient (Wildman–Crippen LogP) is 2.43. The first-order valence-corrected chi connectivity index (χ1v) is 8.92. The Labute approximate surface area is 164 Å². The molecule has 0 radical (unpaired) electrons. The molecule has 2 rings (SSSR count). The lowest BCUT2D eigenvalue weighted by Gasteiger charge is -2.13. The minimum Gasteiger partial charge on any atom is -0.484 e. The SMILES string of the molecule is CO[C@H](C(=O)N/N=C\c1ccc(OCC(=O)NC(C)C)cc1)c1ccccc1. The monoisotopic (exact) mass is 383 g/mol. The topological polar surface area (TPSA) is 89.0 Å². The maximum atomic E-state index is 12.2. The molecule has 0 heterocycles. The van der Waals surface area contributed by atoms with Gasteiger partial charge in [0.05, 0.1) is 6.21 Å². The quantitative estimate of drug-likeness (QED) is 0.514. The Morgan fingerprint density at radius 1 is 1.07 bits per heavy atom. The molecule has 7 nitrogen and oxygen atoms in total. The largest absolute Gasteiger partial charge is 0.484 e. The van der Waals surface area contributed by atoms with Gasteiger partial charge in [-0.3, -0.25) is 9.59 Å². The highest BCUT2D eigenvalue weighted by molar-refractivity contribution is 5.85. The first kappa shape index (κ1) is 21.1. The van der Waals surface area contributed by atoms with E-state index in [1.54, 1.807) is 24.3 Å². The summed E-state index contributed by atoms with van der Waals surface area (Å²) in [5, 5.41) is 6.72. The molecule has 0 saturated heterocycles. The molecule has 1 atom stereocenters. The molecule has 2 N–H and O–H groups in total. The number of hydrogen-bond acceptors (Lipinski definition) is 5. The number of carbonyl (C=O) groups excluding carboxylic acids is 2. The second kappa shape index (κ2) is 10.8. The van der Waals surface area contributed by atoms with Gasteiger partial charge in [-0.15, -0.1) is 0 Å². The van der Waals surface area contributed by atoms with Gasteiger partial charge in [-0.25, -0.2) is 5.43 Å². The Hall–Kier alpha value is -3.19. The third-order valence-electron chi connectivity index (χ3n) is 3.66. The van der Waals surface area contributed by atoms with Gasteiger partial charge in [-0.2, -0.15) is 5.10 Å². The molecule has 0 spiro atoms. The van der Waals surface area contributed by atoms with E-state index in [1.165, 1.54) is 13.3 Å². The van der Waals surface area contributed by atoms with Gasteiger partial charge >= 0.3 is 0 Å². The number of methoxy groups -OCH3 is 1. The second-order valence-corrected chi connectivity index (χ2v) is 6.34. The Kier molecular flexibility index (Phi) is 8.17. The highest BCUT2D eigenvalue weighted by Crippen LogP contribution is 2.16. The lowest BCUT2D eigenvalue weighted by atomic mass is 10.1. The van der Waals surface area contributed by atoms with Crippen LogP contribution in [0.4, 0.5) is 0 Å². The molecule has 2 amide bonds. The van der Waals surface area contributed by atoms with E-state index in [2.05, 4.69) is 15.8 Å². The maximum absolute atomic E-state index is 12.2. The molecule has 148 valence electrons. The number of hydrogen-bond donors (Lipinski definition) is 2. The summed E-state index contributed by atoms with van der Waals surface area (Å²) in [7, 11) is 1.47. The summed E-state index contributed by atoms with van der Waals surface area (Å²) in [5.41, 5.74) is 4.00. The molecule has 0 aromatic heterocycles. The summed E-state index contributed by atoms with van der Waals surface area (Å²) < 4.78 is 10.7. The lowest BCUT2D eigenvalue weighted by Crippen LogP contribution is -2.34. The van der Waals surface area contributed by atoms with Crippen LogP contribution in [0, 0.1) is 0 Å². The van der Waals surface area contributed by atoms with Crippen molar-refractivity contribution in [2.45, 2.75) is 26.0 Å². The van der Waals surface area contributed by atoms with Crippen LogP contribution in [0.5, 0.6) is 5.75 Å². The minimum atomic E-state index is -0.730. The number of ether oxygens (including phenoxy) is 2. The van der Waals surface area contributed by atoms with E-state index >= 15 is 0 Å². The molecular formula is C21H25N3O4. The van der Waals surface area contributed by atoms with Crippen molar-refractivity contribution in [1.29, 1.82) is 0 Å². The van der Waals surface area contributed by atoms with Gasteiger partial charge in [0.2, 0.25) is 0 Å². The van der Waals surface area contributed by atoms with Crippen LogP contribution in [-0.2, 0) is 14.3 Å². The molecule has 2 aromatic carbocycles. The first-order valence-electron chi connectivity index (χ1n) is 8.92. The third-order valence-corrected chi connectivity index (χ3v) is 3.66. The van der Waals surface area contributed by atoms with Crippen molar-refractivity contribution in [3.8, 4) is 5.75 Å². The zero-order valence-electron chi connectivity index (χ0n) is 16.2. The average molecular weight is 383 g/mol. The molecule has 0 aliphatic rings. The van der Waals surface area contributed by atoms with E-state index in [4.69, 9.17) is 9.47 Å². The zero-order valence-corrected chi connectivity index (χ0v) is 16.2. The Morgan fingerprint density at radius 2 is 1.75 bits per heavy atom. The molecule has 0 unspecified atom stereocenters. The molecule has 0 aliphatic heterocycles. The predicted molar refractivity (Wildman–Crippen MR) is 107 cm³/mol. The fourth-order valence-electron chi connectivity index (χ4n) is 2.41. The summed E-state index contributed by atoms with van der Waals surface area (Å²) in [5.74, 6) is 0.0409. The smallest absolute Gasteiger partial charge is 0.273 e. The van der Waals surface area contributed by atoms with Crippen LogP contribution in [0.2, 0.25) is 0 Å². The Bertz CT molecular complexity index is 789. The molecule has 0 bridgehead atoms. The van der Waals surface area contributed by atoms with Crippen molar-refractivity contribution < 1.29 is 19.1 Å². The number of nitrogens with zero attached hydrogens (tertiary/aromatic N) is 1. The van der Waals surface area contributed by atoms with Crippen molar-refractivity contribution in [3.05, 3.63) is 65.7 Å². The normalized spacial score (nSPS) is 12.0. The van der Waals surface area contributed by atoms with E-state index in [1.807, 2.05) is 44.2 Å².